The fourth-order valence-electron chi connectivity index (χ4n) is 5.87. The fourth-order valence-corrected chi connectivity index (χ4v) is 7.08. The lowest BCUT2D eigenvalue weighted by Crippen LogP contribution is -2.12. The average Bonchev–Trinajstić information content (AvgIpc) is 3.27. The molecule has 5 heteroatoms. The smallest absolute Gasteiger partial charge is 0.256 e. The highest BCUT2D eigenvalue weighted by Gasteiger charge is 2.35. The van der Waals surface area contributed by atoms with E-state index in [1.54, 1.807) is 17.4 Å². The monoisotopic (exact) mass is 581 g/mol. The van der Waals surface area contributed by atoms with Gasteiger partial charge in [0.2, 0.25) is 0 Å². The third kappa shape index (κ3) is 5.43. The molecule has 0 saturated carbocycles. The minimum atomic E-state index is -4.53. The Bertz CT molecular complexity index is 1970. The largest absolute Gasteiger partial charge is 0.418 e. The first kappa shape index (κ1) is 28.4. The molecule has 6 rings (SSSR count). The summed E-state index contributed by atoms with van der Waals surface area (Å²) in [6.07, 6.45) is -2.58. The Morgan fingerprint density at radius 2 is 1.36 bits per heavy atom. The molecule has 0 atom stereocenters. The number of thiophene rings is 1. The zero-order valence-corrected chi connectivity index (χ0v) is 25.6. The Morgan fingerprint density at radius 3 is 2.05 bits per heavy atom. The first-order valence-corrected chi connectivity index (χ1v) is 15.1. The van der Waals surface area contributed by atoms with Gasteiger partial charge in [0.1, 0.15) is 0 Å². The lowest BCUT2D eigenvalue weighted by molar-refractivity contribution is -0.137. The third-order valence-electron chi connectivity index (χ3n) is 7.76. The molecule has 0 aliphatic carbocycles. The minimum Gasteiger partial charge on any atom is -0.256 e. The van der Waals surface area contributed by atoms with Crippen molar-refractivity contribution < 1.29 is 13.2 Å². The SMILES string of the molecule is CC(C)(C)Cc1ccc2c(c1)sc1cc(-c3cc(-c4cc(C(C)(C)C)c5ccccc5c4)ncc3C(F)(F)F)ccc12. The van der Waals surface area contributed by atoms with Crippen LogP contribution in [0.3, 0.4) is 0 Å². The molecule has 4 aromatic carbocycles. The molecule has 0 unspecified atom stereocenters. The number of aromatic nitrogens is 1. The van der Waals surface area contributed by atoms with Crippen LogP contribution < -0.4 is 0 Å². The van der Waals surface area contributed by atoms with Crippen LogP contribution >= 0.6 is 11.3 Å². The number of rotatable bonds is 3. The number of benzene rings is 4. The fraction of sp³-hybridized carbons (Fsp3) is 0.270. The van der Waals surface area contributed by atoms with Crippen molar-refractivity contribution in [2.45, 2.75) is 59.6 Å². The van der Waals surface area contributed by atoms with Crippen molar-refractivity contribution in [3.8, 4) is 22.4 Å². The molecule has 0 aliphatic rings. The lowest BCUT2D eigenvalue weighted by atomic mass is 9.82. The molecule has 0 N–H and O–H groups in total. The van der Waals surface area contributed by atoms with Crippen LogP contribution in [0.5, 0.6) is 0 Å². The normalized spacial score (nSPS) is 13.0. The second-order valence-corrected chi connectivity index (χ2v) is 14.6. The Morgan fingerprint density at radius 1 is 0.667 bits per heavy atom. The summed E-state index contributed by atoms with van der Waals surface area (Å²) in [5.41, 5.74) is 3.72. The van der Waals surface area contributed by atoms with Gasteiger partial charge in [0, 0.05) is 31.9 Å². The first-order valence-electron chi connectivity index (χ1n) is 14.2. The summed E-state index contributed by atoms with van der Waals surface area (Å²) in [4.78, 5) is 4.35. The van der Waals surface area contributed by atoms with E-state index in [0.29, 0.717) is 11.3 Å². The number of hydrogen-bond acceptors (Lipinski definition) is 2. The highest BCUT2D eigenvalue weighted by atomic mass is 32.1. The summed E-state index contributed by atoms with van der Waals surface area (Å²) < 4.78 is 45.1. The van der Waals surface area contributed by atoms with Gasteiger partial charge in [0.15, 0.2) is 0 Å². The third-order valence-corrected chi connectivity index (χ3v) is 8.87. The summed E-state index contributed by atoms with van der Waals surface area (Å²) in [5.74, 6) is 0. The van der Waals surface area contributed by atoms with E-state index in [1.807, 2.05) is 42.5 Å². The average molecular weight is 582 g/mol. The molecule has 2 aromatic heterocycles. The van der Waals surface area contributed by atoms with E-state index in [0.717, 1.165) is 54.7 Å². The maximum absolute atomic E-state index is 14.3. The molecule has 214 valence electrons. The van der Waals surface area contributed by atoms with Crippen LogP contribution in [0.25, 0.3) is 53.3 Å². The molecular formula is C37H34F3NS. The van der Waals surface area contributed by atoms with E-state index in [1.165, 1.54) is 5.56 Å². The Balaban J connectivity index is 1.51. The molecule has 0 aliphatic heterocycles. The second kappa shape index (κ2) is 9.95. The van der Waals surface area contributed by atoms with Crippen LogP contribution in [-0.4, -0.2) is 4.98 Å². The number of alkyl halides is 3. The second-order valence-electron chi connectivity index (χ2n) is 13.5. The highest BCUT2D eigenvalue weighted by molar-refractivity contribution is 7.25. The summed E-state index contributed by atoms with van der Waals surface area (Å²) >= 11 is 1.63. The molecule has 0 fully saturated rings. The molecule has 0 bridgehead atoms. The van der Waals surface area contributed by atoms with Gasteiger partial charge in [-0.1, -0.05) is 90.1 Å². The lowest BCUT2D eigenvalue weighted by Gasteiger charge is -2.23. The van der Waals surface area contributed by atoms with Gasteiger partial charge in [-0.15, -0.1) is 11.3 Å². The molecule has 0 spiro atoms. The van der Waals surface area contributed by atoms with Crippen molar-refractivity contribution in [3.05, 3.63) is 102 Å². The van der Waals surface area contributed by atoms with Gasteiger partial charge in [-0.2, -0.15) is 13.2 Å². The van der Waals surface area contributed by atoms with E-state index < -0.39 is 11.7 Å². The maximum Gasteiger partial charge on any atom is 0.418 e. The van der Waals surface area contributed by atoms with E-state index in [4.69, 9.17) is 0 Å². The molecule has 6 aromatic rings. The molecule has 1 nitrogen and oxygen atoms in total. The zero-order valence-electron chi connectivity index (χ0n) is 24.8. The minimum absolute atomic E-state index is 0.144. The molecule has 0 radical (unpaired) electrons. The topological polar surface area (TPSA) is 12.9 Å². The highest BCUT2D eigenvalue weighted by Crippen LogP contribution is 2.43. The summed E-state index contributed by atoms with van der Waals surface area (Å²) in [5, 5.41) is 4.38. The van der Waals surface area contributed by atoms with Crippen LogP contribution in [0.15, 0.2) is 85.1 Å². The van der Waals surface area contributed by atoms with E-state index >= 15 is 0 Å². The predicted molar refractivity (Wildman–Crippen MR) is 172 cm³/mol. The van der Waals surface area contributed by atoms with Crippen molar-refractivity contribution in [1.29, 1.82) is 0 Å². The Labute approximate surface area is 249 Å². The van der Waals surface area contributed by atoms with Crippen molar-refractivity contribution >= 4 is 42.3 Å². The van der Waals surface area contributed by atoms with E-state index in [-0.39, 0.29) is 16.4 Å². The van der Waals surface area contributed by atoms with Gasteiger partial charge in [0.25, 0.3) is 0 Å². The van der Waals surface area contributed by atoms with Gasteiger partial charge in [-0.25, -0.2) is 0 Å². The predicted octanol–water partition coefficient (Wildman–Crippen LogP) is 11.8. The van der Waals surface area contributed by atoms with Gasteiger partial charge in [0.05, 0.1) is 11.3 Å². The summed E-state index contributed by atoms with van der Waals surface area (Å²) in [7, 11) is 0. The molecule has 2 heterocycles. The number of halogens is 3. The van der Waals surface area contributed by atoms with Gasteiger partial charge in [-0.05, 0) is 80.6 Å². The number of pyridine rings is 1. The molecule has 0 amide bonds. The Kier molecular flexibility index (Phi) is 6.73. The van der Waals surface area contributed by atoms with Crippen molar-refractivity contribution in [3.63, 3.8) is 0 Å². The Hall–Kier alpha value is -3.70. The maximum atomic E-state index is 14.3. The van der Waals surface area contributed by atoms with Gasteiger partial charge >= 0.3 is 6.18 Å². The summed E-state index contributed by atoms with van der Waals surface area (Å²) in [6.45, 7) is 13.1. The van der Waals surface area contributed by atoms with Crippen molar-refractivity contribution in [2.75, 3.05) is 0 Å². The molecule has 42 heavy (non-hydrogen) atoms. The van der Waals surface area contributed by atoms with Crippen LogP contribution in [0, 0.1) is 5.41 Å². The van der Waals surface area contributed by atoms with Crippen molar-refractivity contribution in [2.24, 2.45) is 5.41 Å². The first-order chi connectivity index (χ1) is 19.7. The van der Waals surface area contributed by atoms with Crippen LogP contribution in [-0.2, 0) is 18.0 Å². The van der Waals surface area contributed by atoms with E-state index in [9.17, 15) is 13.2 Å². The van der Waals surface area contributed by atoms with Crippen LogP contribution in [0.4, 0.5) is 13.2 Å². The quantitative estimate of drug-likeness (QED) is 0.203. The van der Waals surface area contributed by atoms with Gasteiger partial charge in [-0.3, -0.25) is 4.98 Å². The number of nitrogens with zero attached hydrogens (tertiary/aromatic N) is 1. The molecular weight excluding hydrogens is 547 g/mol. The van der Waals surface area contributed by atoms with Gasteiger partial charge < -0.3 is 0 Å². The van der Waals surface area contributed by atoms with Crippen LogP contribution in [0.2, 0.25) is 0 Å². The zero-order chi connectivity index (χ0) is 30.0. The van der Waals surface area contributed by atoms with Crippen molar-refractivity contribution in [1.82, 2.24) is 4.98 Å². The molecule has 0 saturated heterocycles. The van der Waals surface area contributed by atoms with E-state index in [2.05, 4.69) is 76.9 Å². The van der Waals surface area contributed by atoms with Crippen LogP contribution in [0.1, 0.15) is 58.2 Å². The number of fused-ring (bicyclic) bond motifs is 4. The summed E-state index contributed by atoms with van der Waals surface area (Å²) in [6, 6.07) is 26.1. The standard InChI is InChI=1S/C37H34F3NS/c1-35(2,3)20-22-11-13-27-28-14-12-24(18-34(28)42-33(27)15-22)29-19-32(41-21-31(29)37(38,39)40)25-16-23-9-7-8-10-26(23)30(17-25)36(4,5)6/h7-19,21H,20H2,1-6H3. The number of hydrogen-bond donors (Lipinski definition) is 0.